The minimum absolute atomic E-state index is 0.00641. The van der Waals surface area contributed by atoms with E-state index in [2.05, 4.69) is 32.1 Å². The van der Waals surface area contributed by atoms with Crippen molar-refractivity contribution in [3.05, 3.63) is 77.4 Å². The summed E-state index contributed by atoms with van der Waals surface area (Å²) in [5.74, 6) is -4.18. The fourth-order valence-electron chi connectivity index (χ4n) is 6.49. The zero-order valence-corrected chi connectivity index (χ0v) is 38.4. The van der Waals surface area contributed by atoms with Crippen molar-refractivity contribution in [2.75, 3.05) is 19.4 Å². The number of nitrogens with one attached hydrogen (secondary N) is 6. The Balaban J connectivity index is 1.97. The van der Waals surface area contributed by atoms with Gasteiger partial charge in [-0.1, -0.05) is 104 Å². The molecule has 6 amide bonds. The van der Waals surface area contributed by atoms with Gasteiger partial charge >= 0.3 is 5.97 Å². The smallest absolute Gasteiger partial charge is 0.303 e. The molecule has 16 nitrogen and oxygen atoms in total. The molecule has 62 heavy (non-hydrogen) atoms. The Morgan fingerprint density at radius 2 is 1.35 bits per heavy atom. The molecule has 2 aromatic rings. The number of rotatable bonds is 23. The highest BCUT2D eigenvalue weighted by Gasteiger charge is 2.38. The second kappa shape index (κ2) is 24.7. The molecular formula is C46H69N7O9. The van der Waals surface area contributed by atoms with Crippen LogP contribution in [0.5, 0.6) is 0 Å². The Bertz CT molecular complexity index is 1860. The lowest BCUT2D eigenvalue weighted by atomic mass is 9.84. The summed E-state index contributed by atoms with van der Waals surface area (Å²) in [6.07, 6.45) is 1.60. The topological polar surface area (TPSA) is 224 Å². The molecule has 2 aromatic carbocycles. The summed E-state index contributed by atoms with van der Waals surface area (Å²) in [6, 6.07) is 12.6. The van der Waals surface area contributed by atoms with Gasteiger partial charge < -0.3 is 31.7 Å². The van der Waals surface area contributed by atoms with E-state index < -0.39 is 65.2 Å². The van der Waals surface area contributed by atoms with Crippen LogP contribution in [0.1, 0.15) is 106 Å². The Kier molecular flexibility index (Phi) is 21.0. The summed E-state index contributed by atoms with van der Waals surface area (Å²) in [7, 11) is 3.68. The van der Waals surface area contributed by atoms with Gasteiger partial charge in [-0.25, -0.2) is 5.48 Å². The summed E-state index contributed by atoms with van der Waals surface area (Å²) in [5, 5.41) is 22.8. The number of hydroxylamine groups is 1. The summed E-state index contributed by atoms with van der Waals surface area (Å²) in [6.45, 7) is 18.1. The first-order valence-corrected chi connectivity index (χ1v) is 21.1. The first-order chi connectivity index (χ1) is 28.9. The molecule has 0 aromatic heterocycles. The number of benzene rings is 2. The van der Waals surface area contributed by atoms with Gasteiger partial charge in [0, 0.05) is 30.0 Å². The lowest BCUT2D eigenvalue weighted by Gasteiger charge is -2.36. The highest BCUT2D eigenvalue weighted by molar-refractivity contribution is 5.98. The molecule has 0 aliphatic carbocycles. The Morgan fingerprint density at radius 3 is 1.89 bits per heavy atom. The molecule has 16 heteroatoms. The van der Waals surface area contributed by atoms with E-state index in [0.717, 1.165) is 5.56 Å². The highest BCUT2D eigenvalue weighted by atomic mass is 16.6. The molecule has 0 bridgehead atoms. The number of carbonyl (C=O) groups is 7. The number of nitrogens with zero attached hydrogens (tertiary/aromatic N) is 1. The summed E-state index contributed by atoms with van der Waals surface area (Å²) in [4.78, 5) is 96.9. The highest BCUT2D eigenvalue weighted by Crippen LogP contribution is 2.25. The van der Waals surface area contributed by atoms with Crippen molar-refractivity contribution in [2.45, 2.75) is 131 Å². The van der Waals surface area contributed by atoms with E-state index in [1.54, 1.807) is 51.1 Å². The zero-order valence-electron chi connectivity index (χ0n) is 38.4. The third-order valence-electron chi connectivity index (χ3n) is 10.3. The number of carbonyl (C=O) groups excluding carboxylic acids is 6. The number of carboxylic acid groups (broad SMARTS) is 1. The number of likely N-dealkylation sites (N-methyl/N-ethyl adjacent to an activating group) is 1. The van der Waals surface area contributed by atoms with Gasteiger partial charge in [0.05, 0.1) is 18.7 Å². The van der Waals surface area contributed by atoms with Crippen LogP contribution in [0.3, 0.4) is 0 Å². The van der Waals surface area contributed by atoms with Crippen molar-refractivity contribution in [3.8, 4) is 0 Å². The maximum Gasteiger partial charge on any atom is 0.303 e. The molecule has 0 saturated heterocycles. The molecule has 7 N–H and O–H groups in total. The third-order valence-corrected chi connectivity index (χ3v) is 10.3. The molecule has 342 valence electrons. The number of amides is 6. The SMILES string of the molecule is CC(=CC(NC(=O)C(NC(=O)C(C(C)c1ccccc1)N(C)C)C(C)(C)C)C(C)C)C(=O)NOCc1ccc(NC(=O)C(C)NC(=O)C(NC(=O)CCCC(=O)O)C(C)C)cc1. The first kappa shape index (κ1) is 52.5. The van der Waals surface area contributed by atoms with Gasteiger partial charge in [-0.15, -0.1) is 0 Å². The molecule has 2 rings (SSSR count). The standard InChI is InChI=1S/C46H69N7O9/c1-27(2)35(49-45(61)40(46(8,9)10)51-44(60)39(53(11)12)30(6)33-17-14-13-15-18-33)25-29(5)41(57)52-62-26-32-21-23-34(24-22-32)48-42(58)31(7)47-43(59)38(28(3)4)50-36(54)19-16-20-37(55)56/h13-15,17-18,21-25,27-28,30-31,35,38-40H,16,19-20,26H2,1-12H3,(H,47,59)(H,48,58)(H,49,61)(H,50,54)(H,51,60)(H,52,57)(H,55,56). The minimum atomic E-state index is -1.01. The number of carboxylic acids is 1. The molecule has 0 aliphatic rings. The zero-order chi connectivity index (χ0) is 46.9. The van der Waals surface area contributed by atoms with Crippen LogP contribution in [0.15, 0.2) is 66.2 Å². The van der Waals surface area contributed by atoms with Gasteiger partial charge in [-0.3, -0.25) is 43.3 Å². The van der Waals surface area contributed by atoms with Crippen LogP contribution in [0.2, 0.25) is 0 Å². The van der Waals surface area contributed by atoms with Crippen LogP contribution >= 0.6 is 0 Å². The van der Waals surface area contributed by atoms with E-state index in [1.165, 1.54) is 6.92 Å². The Morgan fingerprint density at radius 1 is 0.742 bits per heavy atom. The van der Waals surface area contributed by atoms with Crippen molar-refractivity contribution in [1.82, 2.24) is 31.6 Å². The second-order valence-corrected chi connectivity index (χ2v) is 17.7. The maximum absolute atomic E-state index is 13.9. The normalized spacial score (nSPS) is 14.8. The second-order valence-electron chi connectivity index (χ2n) is 17.7. The Labute approximate surface area is 366 Å². The number of anilines is 1. The molecule has 0 saturated carbocycles. The van der Waals surface area contributed by atoms with Crippen molar-refractivity contribution in [3.63, 3.8) is 0 Å². The number of hydrogen-bond acceptors (Lipinski definition) is 9. The van der Waals surface area contributed by atoms with Gasteiger partial charge in [0.2, 0.25) is 29.5 Å². The number of hydrogen-bond donors (Lipinski definition) is 7. The monoisotopic (exact) mass is 864 g/mol. The molecule has 0 aliphatic heterocycles. The van der Waals surface area contributed by atoms with Crippen molar-refractivity contribution in [2.24, 2.45) is 17.3 Å². The van der Waals surface area contributed by atoms with Crippen molar-refractivity contribution in [1.29, 1.82) is 0 Å². The molecular weight excluding hydrogens is 795 g/mol. The predicted molar refractivity (Wildman–Crippen MR) is 238 cm³/mol. The lowest BCUT2D eigenvalue weighted by Crippen LogP contribution is -2.59. The fourth-order valence-corrected chi connectivity index (χ4v) is 6.49. The predicted octanol–water partition coefficient (Wildman–Crippen LogP) is 4.43. The average molecular weight is 864 g/mol. The lowest BCUT2D eigenvalue weighted by molar-refractivity contribution is -0.137. The van der Waals surface area contributed by atoms with Gasteiger partial charge in [0.1, 0.15) is 18.1 Å². The quantitative estimate of drug-likeness (QED) is 0.0615. The fraction of sp³-hybridized carbons (Fsp3) is 0.543. The van der Waals surface area contributed by atoms with E-state index in [4.69, 9.17) is 9.94 Å². The molecule has 0 fully saturated rings. The van der Waals surface area contributed by atoms with Crippen LogP contribution in [-0.4, -0.2) is 95.7 Å². The van der Waals surface area contributed by atoms with Crippen molar-refractivity contribution >= 4 is 47.1 Å². The van der Waals surface area contributed by atoms with Gasteiger partial charge in [0.25, 0.3) is 5.91 Å². The maximum atomic E-state index is 13.9. The summed E-state index contributed by atoms with van der Waals surface area (Å²) in [5.41, 5.74) is 4.24. The molecule has 6 atom stereocenters. The molecule has 6 unspecified atom stereocenters. The van der Waals surface area contributed by atoms with Crippen LogP contribution in [0, 0.1) is 17.3 Å². The molecule has 0 radical (unpaired) electrons. The van der Waals surface area contributed by atoms with Gasteiger partial charge in [0.15, 0.2) is 0 Å². The van der Waals surface area contributed by atoms with Gasteiger partial charge in [-0.2, -0.15) is 0 Å². The number of aliphatic carboxylic acids is 1. The van der Waals surface area contributed by atoms with Crippen LogP contribution < -0.4 is 32.1 Å². The van der Waals surface area contributed by atoms with Crippen LogP contribution in [0.4, 0.5) is 5.69 Å². The minimum Gasteiger partial charge on any atom is -0.481 e. The van der Waals surface area contributed by atoms with E-state index >= 15 is 0 Å². The largest absolute Gasteiger partial charge is 0.481 e. The van der Waals surface area contributed by atoms with Gasteiger partial charge in [-0.05, 0) is 74.9 Å². The van der Waals surface area contributed by atoms with E-state index in [-0.39, 0.29) is 55.4 Å². The molecule has 0 spiro atoms. The third kappa shape index (κ3) is 17.4. The molecule has 0 heterocycles. The van der Waals surface area contributed by atoms with E-state index in [0.29, 0.717) is 16.8 Å². The first-order valence-electron chi connectivity index (χ1n) is 21.1. The Hall–Kier alpha value is -5.61. The van der Waals surface area contributed by atoms with E-state index in [9.17, 15) is 33.6 Å². The van der Waals surface area contributed by atoms with Crippen LogP contribution in [0.25, 0.3) is 0 Å². The van der Waals surface area contributed by atoms with Crippen molar-refractivity contribution < 1.29 is 43.5 Å². The average Bonchev–Trinajstić information content (AvgIpc) is 3.18. The van der Waals surface area contributed by atoms with Crippen LogP contribution in [-0.2, 0) is 45.0 Å². The van der Waals surface area contributed by atoms with E-state index in [1.807, 2.05) is 90.9 Å². The summed E-state index contributed by atoms with van der Waals surface area (Å²) < 4.78 is 0. The summed E-state index contributed by atoms with van der Waals surface area (Å²) >= 11 is 0.